The molecule has 1 atom stereocenters. The van der Waals surface area contributed by atoms with Gasteiger partial charge in [0, 0.05) is 10.7 Å². The first-order chi connectivity index (χ1) is 10.1. The maximum absolute atomic E-state index is 10.0. The lowest BCUT2D eigenvalue weighted by Crippen LogP contribution is -2.15. The van der Waals surface area contributed by atoms with Crippen molar-refractivity contribution in [2.75, 3.05) is 12.3 Å². The van der Waals surface area contributed by atoms with Crippen LogP contribution in [0.4, 0.5) is 0 Å². The van der Waals surface area contributed by atoms with Crippen LogP contribution in [0.25, 0.3) is 0 Å². The average molecular weight is 312 g/mol. The lowest BCUT2D eigenvalue weighted by Gasteiger charge is -2.16. The Kier molecular flexibility index (Phi) is 12.9. The van der Waals surface area contributed by atoms with Gasteiger partial charge in [0.25, 0.3) is 0 Å². The lowest BCUT2D eigenvalue weighted by atomic mass is 10.0. The van der Waals surface area contributed by atoms with Crippen molar-refractivity contribution in [1.82, 2.24) is 0 Å². The molecule has 3 heteroatoms. The highest BCUT2D eigenvalue weighted by Crippen LogP contribution is 2.27. The van der Waals surface area contributed by atoms with Crippen LogP contribution < -0.4 is 5.73 Å². The molecule has 2 nitrogen and oxygen atoms in total. The van der Waals surface area contributed by atoms with Gasteiger partial charge in [-0.2, -0.15) is 0 Å². The molecule has 21 heavy (non-hydrogen) atoms. The smallest absolute Gasteiger partial charge is 0.0802 e. The van der Waals surface area contributed by atoms with E-state index in [1.54, 1.807) is 6.08 Å². The normalized spacial score (nSPS) is 14.6. The van der Waals surface area contributed by atoms with E-state index in [-0.39, 0.29) is 0 Å². The summed E-state index contributed by atoms with van der Waals surface area (Å²) in [5.74, 6) is 1.93. The number of hydrogen-bond donors (Lipinski definition) is 2. The number of hydrogen-bond acceptors (Lipinski definition) is 3. The largest absolute Gasteiger partial charge is 0.388 e. The monoisotopic (exact) mass is 311 g/mol. The molecule has 0 heterocycles. The summed E-state index contributed by atoms with van der Waals surface area (Å²) in [4.78, 5) is 1.21. The molecule has 1 unspecified atom stereocenters. The predicted molar refractivity (Wildman–Crippen MR) is 97.5 cm³/mol. The Morgan fingerprint density at radius 2 is 1.86 bits per heavy atom. The molecule has 0 radical (unpaired) electrons. The predicted octanol–water partition coefficient (Wildman–Crippen LogP) is 4.66. The van der Waals surface area contributed by atoms with Crippen LogP contribution in [0.1, 0.15) is 52.9 Å². The van der Waals surface area contributed by atoms with Gasteiger partial charge < -0.3 is 10.8 Å². The van der Waals surface area contributed by atoms with Crippen LogP contribution in [-0.2, 0) is 0 Å². The Morgan fingerprint density at radius 3 is 2.29 bits per heavy atom. The van der Waals surface area contributed by atoms with Crippen LogP contribution in [0.15, 0.2) is 35.3 Å². The van der Waals surface area contributed by atoms with Crippen LogP contribution in [0, 0.1) is 5.92 Å². The number of rotatable bonds is 12. The first-order valence-electron chi connectivity index (χ1n) is 8.14. The third-order valence-electron chi connectivity index (χ3n) is 3.53. The fourth-order valence-corrected chi connectivity index (χ4v) is 3.48. The molecule has 122 valence electrons. The second-order valence-corrected chi connectivity index (χ2v) is 6.48. The van der Waals surface area contributed by atoms with E-state index < -0.39 is 6.10 Å². The molecule has 0 bridgehead atoms. The minimum atomic E-state index is -0.509. The Hall–Kier alpha value is -0.510. The van der Waals surface area contributed by atoms with Crippen LogP contribution in [-0.4, -0.2) is 23.5 Å². The van der Waals surface area contributed by atoms with E-state index in [1.807, 2.05) is 24.8 Å². The third kappa shape index (κ3) is 9.18. The van der Waals surface area contributed by atoms with E-state index in [4.69, 9.17) is 5.73 Å². The van der Waals surface area contributed by atoms with Gasteiger partial charge in [-0.15, -0.1) is 11.8 Å². The summed E-state index contributed by atoms with van der Waals surface area (Å²) in [5.41, 5.74) is 6.37. The van der Waals surface area contributed by atoms with Crippen molar-refractivity contribution < 1.29 is 5.11 Å². The summed E-state index contributed by atoms with van der Waals surface area (Å²) in [6, 6.07) is 0. The minimum Gasteiger partial charge on any atom is -0.388 e. The van der Waals surface area contributed by atoms with E-state index >= 15 is 0 Å². The molecule has 0 aliphatic carbocycles. The standard InChI is InChI=1S/C18H33NOS/c1-5-9-15(10-6-2)14-21-17(8-4)13-16(7-3)18(20)11-12-19/h7-8,13,15,18,20H,3,5-6,9-12,14,19H2,1-2,4H3/b16-13+,17-8+. The molecule has 0 aliphatic rings. The van der Waals surface area contributed by atoms with Crippen molar-refractivity contribution in [3.8, 4) is 0 Å². The van der Waals surface area contributed by atoms with Gasteiger partial charge in [-0.25, -0.2) is 0 Å². The van der Waals surface area contributed by atoms with Crippen molar-refractivity contribution in [2.45, 2.75) is 59.0 Å². The van der Waals surface area contributed by atoms with E-state index in [0.29, 0.717) is 13.0 Å². The second kappa shape index (κ2) is 13.2. The maximum Gasteiger partial charge on any atom is 0.0802 e. The summed E-state index contributed by atoms with van der Waals surface area (Å²) < 4.78 is 0. The molecule has 0 amide bonds. The quantitative estimate of drug-likeness (QED) is 0.515. The van der Waals surface area contributed by atoms with Crippen molar-refractivity contribution in [2.24, 2.45) is 11.7 Å². The van der Waals surface area contributed by atoms with Gasteiger partial charge in [0.2, 0.25) is 0 Å². The van der Waals surface area contributed by atoms with Gasteiger partial charge in [0.05, 0.1) is 6.10 Å². The Morgan fingerprint density at radius 1 is 1.24 bits per heavy atom. The number of allylic oxidation sites excluding steroid dienone is 2. The van der Waals surface area contributed by atoms with Crippen LogP contribution >= 0.6 is 11.8 Å². The molecule has 0 aromatic carbocycles. The number of aliphatic hydroxyl groups excluding tert-OH is 1. The first kappa shape index (κ1) is 20.5. The minimum absolute atomic E-state index is 0.486. The molecular weight excluding hydrogens is 278 g/mol. The SMILES string of the molecule is C=C/C(=C\C(=C/C)SCC(CCC)CCC)C(O)CCN. The fourth-order valence-electron chi connectivity index (χ4n) is 2.33. The zero-order chi connectivity index (χ0) is 16.1. The number of aliphatic hydroxyl groups is 1. The van der Waals surface area contributed by atoms with Gasteiger partial charge in [-0.3, -0.25) is 0 Å². The van der Waals surface area contributed by atoms with E-state index in [1.165, 1.54) is 30.6 Å². The number of nitrogens with two attached hydrogens (primary N) is 1. The molecule has 3 N–H and O–H groups in total. The Bertz CT molecular complexity index is 330. The highest BCUT2D eigenvalue weighted by molar-refractivity contribution is 8.03. The van der Waals surface area contributed by atoms with Crippen LogP contribution in [0.5, 0.6) is 0 Å². The van der Waals surface area contributed by atoms with Crippen molar-refractivity contribution in [3.63, 3.8) is 0 Å². The van der Waals surface area contributed by atoms with Crippen molar-refractivity contribution in [3.05, 3.63) is 35.3 Å². The van der Waals surface area contributed by atoms with E-state index in [0.717, 1.165) is 17.2 Å². The molecule has 0 fully saturated rings. The molecule has 0 saturated heterocycles. The van der Waals surface area contributed by atoms with Gasteiger partial charge >= 0.3 is 0 Å². The summed E-state index contributed by atoms with van der Waals surface area (Å²) in [7, 11) is 0. The molecule has 0 spiro atoms. The summed E-state index contributed by atoms with van der Waals surface area (Å²) in [5, 5.41) is 10.0. The van der Waals surface area contributed by atoms with Crippen LogP contribution in [0.3, 0.4) is 0 Å². The zero-order valence-electron chi connectivity index (χ0n) is 14.0. The molecule has 0 saturated carbocycles. The van der Waals surface area contributed by atoms with E-state index in [2.05, 4.69) is 26.5 Å². The van der Waals surface area contributed by atoms with Crippen molar-refractivity contribution >= 4 is 11.8 Å². The van der Waals surface area contributed by atoms with Gasteiger partial charge in [-0.05, 0) is 50.3 Å². The molecule has 0 rings (SSSR count). The summed E-state index contributed by atoms with van der Waals surface area (Å²) in [6.45, 7) is 10.8. The second-order valence-electron chi connectivity index (χ2n) is 5.39. The molecule has 0 aliphatic heterocycles. The van der Waals surface area contributed by atoms with E-state index in [9.17, 15) is 5.11 Å². The molecule has 0 aromatic rings. The topological polar surface area (TPSA) is 46.2 Å². The maximum atomic E-state index is 10.0. The zero-order valence-corrected chi connectivity index (χ0v) is 14.8. The van der Waals surface area contributed by atoms with Crippen LogP contribution in [0.2, 0.25) is 0 Å². The Balaban J connectivity index is 4.65. The Labute approximate surface area is 135 Å². The number of thioether (sulfide) groups is 1. The third-order valence-corrected chi connectivity index (χ3v) is 4.86. The lowest BCUT2D eigenvalue weighted by molar-refractivity contribution is 0.207. The average Bonchev–Trinajstić information content (AvgIpc) is 2.48. The highest BCUT2D eigenvalue weighted by Gasteiger charge is 2.10. The molecular formula is C18H33NOS. The fraction of sp³-hybridized carbons (Fsp3) is 0.667. The highest BCUT2D eigenvalue weighted by atomic mass is 32.2. The summed E-state index contributed by atoms with van der Waals surface area (Å²) >= 11 is 1.88. The first-order valence-corrected chi connectivity index (χ1v) is 9.12. The van der Waals surface area contributed by atoms with Gasteiger partial charge in [-0.1, -0.05) is 45.4 Å². The summed E-state index contributed by atoms with van der Waals surface area (Å²) in [6.07, 6.45) is 11.1. The van der Waals surface area contributed by atoms with Gasteiger partial charge in [0.15, 0.2) is 0 Å². The van der Waals surface area contributed by atoms with Crippen molar-refractivity contribution in [1.29, 1.82) is 0 Å². The molecule has 0 aromatic heterocycles. The van der Waals surface area contributed by atoms with Gasteiger partial charge in [0.1, 0.15) is 0 Å².